The number of nitrogens with two attached hydrogens (primary N) is 1. The van der Waals surface area contributed by atoms with Crippen molar-refractivity contribution in [2.45, 2.75) is 30.9 Å². The molecule has 2 aliphatic rings. The van der Waals surface area contributed by atoms with Gasteiger partial charge in [0.05, 0.1) is 5.25 Å². The zero-order valence-electron chi connectivity index (χ0n) is 14.2. The van der Waals surface area contributed by atoms with Gasteiger partial charge in [-0.1, -0.05) is 18.2 Å². The average Bonchev–Trinajstić information content (AvgIpc) is 3.07. The third kappa shape index (κ3) is 4.94. The van der Waals surface area contributed by atoms with Crippen molar-refractivity contribution in [2.75, 3.05) is 26.2 Å². The molecule has 0 aromatic heterocycles. The molecule has 1 aromatic carbocycles. The van der Waals surface area contributed by atoms with Gasteiger partial charge >= 0.3 is 0 Å². The van der Waals surface area contributed by atoms with Crippen molar-refractivity contribution < 1.29 is 13.2 Å². The summed E-state index contributed by atoms with van der Waals surface area (Å²) in [4.78, 5) is 14.6. The lowest BCUT2D eigenvalue weighted by Crippen LogP contribution is -2.44. The number of primary sulfonamides is 1. The van der Waals surface area contributed by atoms with Crippen LogP contribution in [0, 0.1) is 5.92 Å². The van der Waals surface area contributed by atoms with Gasteiger partial charge in [0, 0.05) is 18.7 Å². The molecule has 0 saturated carbocycles. The lowest BCUT2D eigenvalue weighted by molar-refractivity contribution is 0.0724. The van der Waals surface area contributed by atoms with E-state index in [1.54, 1.807) is 4.90 Å². The zero-order valence-corrected chi connectivity index (χ0v) is 15.8. The zero-order chi connectivity index (χ0) is 17.2. The fraction of sp³-hybridized carbons (Fsp3) is 0.588. The smallest absolute Gasteiger partial charge is 0.254 e. The van der Waals surface area contributed by atoms with E-state index in [1.165, 1.54) is 0 Å². The highest BCUT2D eigenvalue weighted by molar-refractivity contribution is 7.89. The molecular formula is C17H26ClN3O3S. The molecule has 8 heteroatoms. The van der Waals surface area contributed by atoms with Gasteiger partial charge in [-0.25, -0.2) is 13.6 Å². The summed E-state index contributed by atoms with van der Waals surface area (Å²) in [6, 6.07) is 7.77. The second-order valence-corrected chi connectivity index (χ2v) is 8.65. The summed E-state index contributed by atoms with van der Waals surface area (Å²) in [5.41, 5.74) is 1.84. The van der Waals surface area contributed by atoms with Gasteiger partial charge in [-0.05, 0) is 56.3 Å². The lowest BCUT2D eigenvalue weighted by Gasteiger charge is -2.31. The molecule has 6 nitrogen and oxygen atoms in total. The summed E-state index contributed by atoms with van der Waals surface area (Å²) in [6.45, 7) is 2.93. The van der Waals surface area contributed by atoms with E-state index in [1.807, 2.05) is 24.3 Å². The second kappa shape index (κ2) is 8.49. The van der Waals surface area contributed by atoms with Gasteiger partial charge in [-0.3, -0.25) is 4.79 Å². The Bertz CT molecular complexity index is 697. The Kier molecular flexibility index (Phi) is 6.85. The fourth-order valence-electron chi connectivity index (χ4n) is 3.66. The minimum Gasteiger partial charge on any atom is -0.339 e. The van der Waals surface area contributed by atoms with Crippen molar-refractivity contribution in [2.24, 2.45) is 11.1 Å². The normalized spacial score (nSPS) is 21.8. The van der Waals surface area contributed by atoms with Crippen molar-refractivity contribution >= 4 is 28.3 Å². The number of hydrogen-bond acceptors (Lipinski definition) is 4. The summed E-state index contributed by atoms with van der Waals surface area (Å²) in [5, 5.41) is 8.05. The number of halogens is 1. The van der Waals surface area contributed by atoms with E-state index in [-0.39, 0.29) is 18.3 Å². The Balaban J connectivity index is 0.00000225. The Hall–Kier alpha value is -1.15. The molecule has 0 bridgehead atoms. The molecule has 1 aromatic rings. The van der Waals surface area contributed by atoms with E-state index in [4.69, 9.17) is 5.14 Å². The number of nitrogens with one attached hydrogen (secondary N) is 1. The topological polar surface area (TPSA) is 92.5 Å². The van der Waals surface area contributed by atoms with E-state index in [2.05, 4.69) is 5.32 Å². The van der Waals surface area contributed by atoms with Crippen molar-refractivity contribution in [3.8, 4) is 0 Å². The van der Waals surface area contributed by atoms with E-state index in [0.717, 1.165) is 37.1 Å². The molecule has 25 heavy (non-hydrogen) atoms. The molecule has 0 spiro atoms. The summed E-state index contributed by atoms with van der Waals surface area (Å²) >= 11 is 0. The van der Waals surface area contributed by atoms with E-state index < -0.39 is 15.3 Å². The number of carbonyl (C=O) groups excluding carboxylic acids is 1. The van der Waals surface area contributed by atoms with Crippen molar-refractivity contribution in [3.63, 3.8) is 0 Å². The van der Waals surface area contributed by atoms with Crippen LogP contribution in [0.4, 0.5) is 0 Å². The molecule has 3 rings (SSSR count). The number of piperidine rings is 1. The molecule has 140 valence electrons. The summed E-state index contributed by atoms with van der Waals surface area (Å²) in [5.74, 6) is 0.580. The summed E-state index contributed by atoms with van der Waals surface area (Å²) < 4.78 is 22.9. The number of hydrogen-bond donors (Lipinski definition) is 2. The van der Waals surface area contributed by atoms with Crippen LogP contribution in [0.3, 0.4) is 0 Å². The minimum atomic E-state index is -3.51. The number of likely N-dealkylation sites (tertiary alicyclic amines) is 1. The third-order valence-electron chi connectivity index (χ3n) is 5.11. The highest BCUT2D eigenvalue weighted by Crippen LogP contribution is 2.22. The molecular weight excluding hydrogens is 362 g/mol. The van der Waals surface area contributed by atoms with Crippen LogP contribution in [0.15, 0.2) is 24.3 Å². The van der Waals surface area contributed by atoms with Gasteiger partial charge in [-0.2, -0.15) is 0 Å². The third-order valence-corrected chi connectivity index (χ3v) is 6.51. The van der Waals surface area contributed by atoms with Crippen LogP contribution in [0.25, 0.3) is 0 Å². The van der Waals surface area contributed by atoms with E-state index in [9.17, 15) is 13.2 Å². The Morgan fingerprint density at radius 1 is 1.20 bits per heavy atom. The standard InChI is InChI=1S/C17H25N3O3S.ClH/c18-24(22,23)15-6-9-20(10-7-15)17(21)16-4-2-1-3-14(16)11-13-5-8-19-12-13;/h1-4,13,15,19H,5-12H2,(H2,18,22,23);1H. The van der Waals surface area contributed by atoms with Gasteiger partial charge in [0.25, 0.3) is 5.91 Å². The van der Waals surface area contributed by atoms with E-state index >= 15 is 0 Å². The van der Waals surface area contributed by atoms with Crippen molar-refractivity contribution in [3.05, 3.63) is 35.4 Å². The SMILES string of the molecule is Cl.NS(=O)(=O)C1CCN(C(=O)c2ccccc2CC2CCNC2)CC1. The quantitative estimate of drug-likeness (QED) is 0.810. The van der Waals surface area contributed by atoms with Gasteiger partial charge in [0.1, 0.15) is 0 Å². The maximum absolute atomic E-state index is 12.9. The van der Waals surface area contributed by atoms with Crippen LogP contribution in [0.5, 0.6) is 0 Å². The molecule has 1 amide bonds. The Morgan fingerprint density at radius 3 is 2.48 bits per heavy atom. The van der Waals surface area contributed by atoms with Crippen LogP contribution >= 0.6 is 12.4 Å². The Morgan fingerprint density at radius 2 is 1.88 bits per heavy atom. The van der Waals surface area contributed by atoms with Gasteiger partial charge in [-0.15, -0.1) is 12.4 Å². The summed E-state index contributed by atoms with van der Waals surface area (Å²) in [7, 11) is -3.51. The number of carbonyl (C=O) groups is 1. The molecule has 2 fully saturated rings. The molecule has 2 heterocycles. The first-order valence-corrected chi connectivity index (χ1v) is 10.2. The number of amides is 1. The first-order chi connectivity index (χ1) is 11.4. The predicted molar refractivity (Wildman–Crippen MR) is 100 cm³/mol. The lowest BCUT2D eigenvalue weighted by atomic mass is 9.94. The minimum absolute atomic E-state index is 0. The first-order valence-electron chi connectivity index (χ1n) is 8.54. The largest absolute Gasteiger partial charge is 0.339 e. The van der Waals surface area contributed by atoms with Crippen LogP contribution in [0.2, 0.25) is 0 Å². The molecule has 3 N–H and O–H groups in total. The van der Waals surface area contributed by atoms with Crippen LogP contribution in [0.1, 0.15) is 35.2 Å². The Labute approximate surface area is 155 Å². The fourth-order valence-corrected chi connectivity index (χ4v) is 4.53. The second-order valence-electron chi connectivity index (χ2n) is 6.80. The van der Waals surface area contributed by atoms with Crippen LogP contribution < -0.4 is 10.5 Å². The molecule has 1 atom stereocenters. The number of sulfonamides is 1. The van der Waals surface area contributed by atoms with Gasteiger partial charge < -0.3 is 10.2 Å². The van der Waals surface area contributed by atoms with Crippen LogP contribution in [-0.2, 0) is 16.4 Å². The maximum atomic E-state index is 12.9. The number of nitrogens with zero attached hydrogens (tertiary/aromatic N) is 1. The predicted octanol–water partition coefficient (Wildman–Crippen LogP) is 1.15. The number of benzene rings is 1. The van der Waals surface area contributed by atoms with Crippen molar-refractivity contribution in [1.29, 1.82) is 0 Å². The molecule has 0 aliphatic carbocycles. The molecule has 2 saturated heterocycles. The van der Waals surface area contributed by atoms with E-state index in [0.29, 0.717) is 31.8 Å². The van der Waals surface area contributed by atoms with Crippen molar-refractivity contribution in [1.82, 2.24) is 10.2 Å². The molecule has 2 aliphatic heterocycles. The maximum Gasteiger partial charge on any atom is 0.254 e. The summed E-state index contributed by atoms with van der Waals surface area (Å²) in [6.07, 6.45) is 2.88. The molecule has 0 radical (unpaired) electrons. The highest BCUT2D eigenvalue weighted by Gasteiger charge is 2.30. The van der Waals surface area contributed by atoms with Gasteiger partial charge in [0.15, 0.2) is 0 Å². The highest BCUT2D eigenvalue weighted by atomic mass is 35.5. The van der Waals surface area contributed by atoms with Gasteiger partial charge in [0.2, 0.25) is 10.0 Å². The van der Waals surface area contributed by atoms with Crippen LogP contribution in [-0.4, -0.2) is 50.7 Å². The average molecular weight is 388 g/mol. The first kappa shape index (κ1) is 20.2. The molecule has 1 unspecified atom stereocenters. The number of rotatable bonds is 4. The monoisotopic (exact) mass is 387 g/mol.